The molecule has 5 heteroatoms. The van der Waals surface area contributed by atoms with Gasteiger partial charge in [-0.05, 0) is 31.0 Å². The standard InChI is InChI=1S/C19H21N3O2/c1-14-9-10-16(12-20-14)19(24)21-17(15-6-3-2-4-7-15)13-22-11-5-8-18(22)23/h2-4,6-7,9-10,12,17H,5,8,11,13H2,1H3,(H,21,24)/t17-/m1/s1. The summed E-state index contributed by atoms with van der Waals surface area (Å²) in [7, 11) is 0. The number of aromatic nitrogens is 1. The van der Waals surface area contributed by atoms with Crippen molar-refractivity contribution >= 4 is 11.8 Å². The topological polar surface area (TPSA) is 62.3 Å². The molecule has 1 atom stereocenters. The van der Waals surface area contributed by atoms with Crippen molar-refractivity contribution in [3.05, 3.63) is 65.5 Å². The predicted octanol–water partition coefficient (Wildman–Crippen LogP) is 2.48. The Bertz CT molecular complexity index is 713. The fourth-order valence-corrected chi connectivity index (χ4v) is 2.88. The third-order valence-electron chi connectivity index (χ3n) is 4.26. The highest BCUT2D eigenvalue weighted by Crippen LogP contribution is 2.19. The number of pyridine rings is 1. The monoisotopic (exact) mass is 323 g/mol. The molecule has 0 spiro atoms. The van der Waals surface area contributed by atoms with Gasteiger partial charge in [0.2, 0.25) is 5.91 Å². The van der Waals surface area contributed by atoms with Gasteiger partial charge in [0.15, 0.2) is 0 Å². The Morgan fingerprint density at radius 3 is 2.67 bits per heavy atom. The van der Waals surface area contributed by atoms with E-state index in [2.05, 4.69) is 10.3 Å². The Labute approximate surface area is 141 Å². The van der Waals surface area contributed by atoms with E-state index in [0.717, 1.165) is 24.2 Å². The number of hydrogen-bond donors (Lipinski definition) is 1. The van der Waals surface area contributed by atoms with Crippen LogP contribution in [-0.4, -0.2) is 34.8 Å². The highest BCUT2D eigenvalue weighted by Gasteiger charge is 2.25. The minimum Gasteiger partial charge on any atom is -0.343 e. The van der Waals surface area contributed by atoms with Gasteiger partial charge in [-0.15, -0.1) is 0 Å². The molecule has 124 valence electrons. The zero-order chi connectivity index (χ0) is 16.9. The number of rotatable bonds is 5. The van der Waals surface area contributed by atoms with E-state index in [4.69, 9.17) is 0 Å². The van der Waals surface area contributed by atoms with E-state index in [1.54, 1.807) is 12.3 Å². The van der Waals surface area contributed by atoms with Crippen LogP contribution in [0.25, 0.3) is 0 Å². The number of benzene rings is 1. The average Bonchev–Trinajstić information content (AvgIpc) is 3.00. The molecule has 2 aromatic rings. The molecule has 24 heavy (non-hydrogen) atoms. The molecule has 3 rings (SSSR count). The normalized spacial score (nSPS) is 15.4. The minimum absolute atomic E-state index is 0.155. The smallest absolute Gasteiger partial charge is 0.253 e. The van der Waals surface area contributed by atoms with Crippen molar-refractivity contribution in [1.29, 1.82) is 0 Å². The van der Waals surface area contributed by atoms with Gasteiger partial charge >= 0.3 is 0 Å². The van der Waals surface area contributed by atoms with Crippen LogP contribution in [0, 0.1) is 6.92 Å². The lowest BCUT2D eigenvalue weighted by atomic mass is 10.1. The molecule has 5 nitrogen and oxygen atoms in total. The lowest BCUT2D eigenvalue weighted by molar-refractivity contribution is -0.128. The highest BCUT2D eigenvalue weighted by atomic mass is 16.2. The molecule has 1 N–H and O–H groups in total. The van der Waals surface area contributed by atoms with Gasteiger partial charge in [-0.3, -0.25) is 14.6 Å². The number of amides is 2. The van der Waals surface area contributed by atoms with Crippen LogP contribution < -0.4 is 5.32 Å². The van der Waals surface area contributed by atoms with Crippen LogP contribution in [0.1, 0.15) is 40.5 Å². The molecule has 0 saturated carbocycles. The highest BCUT2D eigenvalue weighted by molar-refractivity contribution is 5.94. The lowest BCUT2D eigenvalue weighted by Crippen LogP contribution is -2.38. The molecule has 2 heterocycles. The van der Waals surface area contributed by atoms with Gasteiger partial charge in [-0.1, -0.05) is 30.3 Å². The summed E-state index contributed by atoms with van der Waals surface area (Å²) in [4.78, 5) is 30.5. The number of nitrogens with one attached hydrogen (secondary N) is 1. The van der Waals surface area contributed by atoms with Gasteiger partial charge in [0.05, 0.1) is 11.6 Å². The summed E-state index contributed by atoms with van der Waals surface area (Å²) < 4.78 is 0. The summed E-state index contributed by atoms with van der Waals surface area (Å²) >= 11 is 0. The summed E-state index contributed by atoms with van der Waals surface area (Å²) in [6, 6.07) is 13.1. The van der Waals surface area contributed by atoms with Crippen LogP contribution in [0.5, 0.6) is 0 Å². The van der Waals surface area contributed by atoms with Crippen molar-refractivity contribution in [2.24, 2.45) is 0 Å². The van der Waals surface area contributed by atoms with Crippen LogP contribution in [-0.2, 0) is 4.79 Å². The first-order valence-electron chi connectivity index (χ1n) is 8.20. The zero-order valence-corrected chi connectivity index (χ0v) is 13.7. The van der Waals surface area contributed by atoms with Gasteiger partial charge in [0, 0.05) is 31.4 Å². The van der Waals surface area contributed by atoms with Crippen molar-refractivity contribution in [2.75, 3.05) is 13.1 Å². The lowest BCUT2D eigenvalue weighted by Gasteiger charge is -2.25. The number of carbonyl (C=O) groups is 2. The molecule has 1 saturated heterocycles. The second-order valence-electron chi connectivity index (χ2n) is 6.07. The first kappa shape index (κ1) is 16.2. The van der Waals surface area contributed by atoms with E-state index >= 15 is 0 Å². The van der Waals surface area contributed by atoms with Gasteiger partial charge in [0.1, 0.15) is 0 Å². The van der Waals surface area contributed by atoms with E-state index in [-0.39, 0.29) is 17.9 Å². The van der Waals surface area contributed by atoms with Crippen LogP contribution in [0.4, 0.5) is 0 Å². The predicted molar refractivity (Wildman–Crippen MR) is 91.4 cm³/mol. The van der Waals surface area contributed by atoms with Gasteiger partial charge in [-0.25, -0.2) is 0 Å². The van der Waals surface area contributed by atoms with E-state index in [0.29, 0.717) is 18.5 Å². The molecule has 0 unspecified atom stereocenters. The van der Waals surface area contributed by atoms with Crippen molar-refractivity contribution < 1.29 is 9.59 Å². The first-order valence-corrected chi connectivity index (χ1v) is 8.20. The molecule has 0 radical (unpaired) electrons. The Balaban J connectivity index is 1.77. The van der Waals surface area contributed by atoms with E-state index in [1.165, 1.54) is 0 Å². The molecular formula is C19H21N3O2. The third kappa shape index (κ3) is 3.79. The second kappa shape index (κ2) is 7.25. The summed E-state index contributed by atoms with van der Waals surface area (Å²) in [6.07, 6.45) is 3.06. The Kier molecular flexibility index (Phi) is 4.89. The molecule has 1 aliphatic heterocycles. The molecule has 0 aliphatic carbocycles. The van der Waals surface area contributed by atoms with Crippen molar-refractivity contribution in [3.63, 3.8) is 0 Å². The van der Waals surface area contributed by atoms with Crippen LogP contribution in [0.3, 0.4) is 0 Å². The van der Waals surface area contributed by atoms with Crippen LogP contribution >= 0.6 is 0 Å². The minimum atomic E-state index is -0.234. The van der Waals surface area contributed by atoms with Crippen molar-refractivity contribution in [2.45, 2.75) is 25.8 Å². The summed E-state index contributed by atoms with van der Waals surface area (Å²) in [5.74, 6) is -0.0230. The van der Waals surface area contributed by atoms with Crippen LogP contribution in [0.2, 0.25) is 0 Å². The largest absolute Gasteiger partial charge is 0.343 e. The number of aryl methyl sites for hydroxylation is 1. The molecule has 1 aromatic carbocycles. The fraction of sp³-hybridized carbons (Fsp3) is 0.316. The van der Waals surface area contributed by atoms with Crippen molar-refractivity contribution in [3.8, 4) is 0 Å². The quantitative estimate of drug-likeness (QED) is 0.919. The maximum atomic E-state index is 12.5. The zero-order valence-electron chi connectivity index (χ0n) is 13.7. The maximum Gasteiger partial charge on any atom is 0.253 e. The van der Waals surface area contributed by atoms with Gasteiger partial charge < -0.3 is 10.2 Å². The molecule has 1 fully saturated rings. The molecule has 1 aromatic heterocycles. The maximum absolute atomic E-state index is 12.5. The number of nitrogens with zero attached hydrogens (tertiary/aromatic N) is 2. The Hall–Kier alpha value is -2.69. The number of carbonyl (C=O) groups excluding carboxylic acids is 2. The average molecular weight is 323 g/mol. The number of likely N-dealkylation sites (tertiary alicyclic amines) is 1. The summed E-state index contributed by atoms with van der Waals surface area (Å²) in [5.41, 5.74) is 2.38. The third-order valence-corrected chi connectivity index (χ3v) is 4.26. The van der Waals surface area contributed by atoms with Gasteiger partial charge in [0.25, 0.3) is 5.91 Å². The van der Waals surface area contributed by atoms with Gasteiger partial charge in [-0.2, -0.15) is 0 Å². The molecule has 2 amide bonds. The Morgan fingerprint density at radius 1 is 1.25 bits per heavy atom. The molecule has 0 bridgehead atoms. The SMILES string of the molecule is Cc1ccc(C(=O)N[C@H](CN2CCCC2=O)c2ccccc2)cn1. The van der Waals surface area contributed by atoms with E-state index < -0.39 is 0 Å². The van der Waals surface area contributed by atoms with E-state index in [1.807, 2.05) is 48.2 Å². The second-order valence-corrected chi connectivity index (χ2v) is 6.07. The first-order chi connectivity index (χ1) is 11.6. The van der Waals surface area contributed by atoms with E-state index in [9.17, 15) is 9.59 Å². The fourth-order valence-electron chi connectivity index (χ4n) is 2.88. The van der Waals surface area contributed by atoms with Crippen LogP contribution in [0.15, 0.2) is 48.7 Å². The Morgan fingerprint density at radius 2 is 2.04 bits per heavy atom. The van der Waals surface area contributed by atoms with Crippen molar-refractivity contribution in [1.82, 2.24) is 15.2 Å². The summed E-state index contributed by atoms with van der Waals surface area (Å²) in [5, 5.41) is 3.04. The molecular weight excluding hydrogens is 302 g/mol. The number of hydrogen-bond acceptors (Lipinski definition) is 3. The summed E-state index contributed by atoms with van der Waals surface area (Å²) in [6.45, 7) is 3.13. The molecule has 1 aliphatic rings.